The first-order chi connectivity index (χ1) is 7.45. The molecule has 0 aromatic rings. The van der Waals surface area contributed by atoms with Crippen molar-refractivity contribution in [2.75, 3.05) is 13.1 Å². The number of hydrazine groups is 1. The molecule has 0 unspecified atom stereocenters. The molecule has 0 spiro atoms. The minimum absolute atomic E-state index is 0.0590. The van der Waals surface area contributed by atoms with Crippen LogP contribution in [-0.4, -0.2) is 29.9 Å². The molecule has 0 radical (unpaired) electrons. The Morgan fingerprint density at radius 3 is 2.19 bits per heavy atom. The lowest BCUT2D eigenvalue weighted by molar-refractivity contribution is -0.129. The average Bonchev–Trinajstić information content (AvgIpc) is 2.15. The number of carbonyl (C=O) groups excluding carboxylic acids is 1. The molecule has 3 atom stereocenters. The summed E-state index contributed by atoms with van der Waals surface area (Å²) in [5, 5.41) is 0. The van der Waals surface area contributed by atoms with Gasteiger partial charge in [0, 0.05) is 13.1 Å². The fourth-order valence-corrected chi connectivity index (χ4v) is 2.91. The molecule has 1 aliphatic rings. The van der Waals surface area contributed by atoms with Crippen LogP contribution in [0.2, 0.25) is 0 Å². The van der Waals surface area contributed by atoms with E-state index < -0.39 is 0 Å². The topological polar surface area (TPSA) is 58.4 Å². The molecule has 0 aromatic heterocycles. The molecule has 3 N–H and O–H groups in total. The molecule has 1 rings (SSSR count). The van der Waals surface area contributed by atoms with Crippen molar-refractivity contribution in [3.63, 3.8) is 0 Å². The van der Waals surface area contributed by atoms with E-state index in [9.17, 15) is 4.79 Å². The summed E-state index contributed by atoms with van der Waals surface area (Å²) in [4.78, 5) is 14.1. The third-order valence-electron chi connectivity index (χ3n) is 3.33. The highest BCUT2D eigenvalue weighted by Gasteiger charge is 2.33. The Bertz CT molecular complexity index is 232. The SMILES string of the molecule is CC(C)[C@H](C(=O)NN)N1C[C@H](C)C[C@@H](C)C1. The number of nitrogens with one attached hydrogen (secondary N) is 1. The first-order valence-corrected chi connectivity index (χ1v) is 6.20. The molecule has 1 fully saturated rings. The second-order valence-electron chi connectivity index (χ2n) is 5.60. The zero-order chi connectivity index (χ0) is 12.3. The molecule has 1 aliphatic heterocycles. The number of piperidine rings is 1. The van der Waals surface area contributed by atoms with Gasteiger partial charge in [-0.2, -0.15) is 0 Å². The van der Waals surface area contributed by atoms with Crippen molar-refractivity contribution in [2.45, 2.75) is 40.2 Å². The Hall–Kier alpha value is -0.610. The van der Waals surface area contributed by atoms with Crippen LogP contribution in [0, 0.1) is 17.8 Å². The lowest BCUT2D eigenvalue weighted by Crippen LogP contribution is -2.55. The van der Waals surface area contributed by atoms with Crippen LogP contribution in [0.25, 0.3) is 0 Å². The summed E-state index contributed by atoms with van der Waals surface area (Å²) in [5.74, 6) is 6.82. The van der Waals surface area contributed by atoms with Gasteiger partial charge in [0.15, 0.2) is 0 Å². The van der Waals surface area contributed by atoms with E-state index in [2.05, 4.69) is 38.0 Å². The third kappa shape index (κ3) is 3.19. The number of carbonyl (C=O) groups is 1. The van der Waals surface area contributed by atoms with Gasteiger partial charge >= 0.3 is 0 Å². The summed E-state index contributed by atoms with van der Waals surface area (Å²) >= 11 is 0. The fraction of sp³-hybridized carbons (Fsp3) is 0.917. The summed E-state index contributed by atoms with van der Waals surface area (Å²) in [6.07, 6.45) is 1.26. The Morgan fingerprint density at radius 1 is 1.31 bits per heavy atom. The average molecular weight is 227 g/mol. The van der Waals surface area contributed by atoms with Crippen LogP contribution >= 0.6 is 0 Å². The number of nitrogens with two attached hydrogens (primary N) is 1. The van der Waals surface area contributed by atoms with Gasteiger partial charge in [-0.15, -0.1) is 0 Å². The summed E-state index contributed by atoms with van der Waals surface area (Å²) in [6.45, 7) is 10.6. The molecule has 0 aromatic carbocycles. The third-order valence-corrected chi connectivity index (χ3v) is 3.33. The summed E-state index contributed by atoms with van der Waals surface area (Å²) < 4.78 is 0. The standard InChI is InChI=1S/C12H25N3O/c1-8(2)11(12(16)14-13)15-6-9(3)5-10(4)7-15/h8-11H,5-7,13H2,1-4H3,(H,14,16)/t9-,10-,11-/m1/s1. The quantitative estimate of drug-likeness (QED) is 0.429. The number of hydrogen-bond donors (Lipinski definition) is 2. The van der Waals surface area contributed by atoms with E-state index in [-0.39, 0.29) is 11.9 Å². The van der Waals surface area contributed by atoms with Crippen molar-refractivity contribution < 1.29 is 4.79 Å². The Labute approximate surface area is 98.5 Å². The monoisotopic (exact) mass is 227 g/mol. The van der Waals surface area contributed by atoms with E-state index in [1.165, 1.54) is 6.42 Å². The smallest absolute Gasteiger partial charge is 0.251 e. The maximum atomic E-state index is 11.8. The lowest BCUT2D eigenvalue weighted by atomic mass is 9.89. The lowest BCUT2D eigenvalue weighted by Gasteiger charge is -2.40. The van der Waals surface area contributed by atoms with E-state index in [1.54, 1.807) is 0 Å². The van der Waals surface area contributed by atoms with Crippen molar-refractivity contribution >= 4 is 5.91 Å². The number of likely N-dealkylation sites (tertiary alicyclic amines) is 1. The zero-order valence-corrected chi connectivity index (χ0v) is 10.9. The molecule has 4 nitrogen and oxygen atoms in total. The van der Waals surface area contributed by atoms with E-state index in [0.29, 0.717) is 17.8 Å². The maximum absolute atomic E-state index is 11.8. The van der Waals surface area contributed by atoms with Crippen molar-refractivity contribution in [1.82, 2.24) is 10.3 Å². The van der Waals surface area contributed by atoms with E-state index in [1.807, 2.05) is 0 Å². The molecule has 0 bridgehead atoms. The van der Waals surface area contributed by atoms with Crippen LogP contribution in [0.15, 0.2) is 0 Å². The summed E-state index contributed by atoms with van der Waals surface area (Å²) in [6, 6.07) is -0.0878. The van der Waals surface area contributed by atoms with E-state index in [0.717, 1.165) is 13.1 Å². The number of hydrogen-bond acceptors (Lipinski definition) is 3. The molecule has 1 saturated heterocycles. The molecule has 1 amide bonds. The number of rotatable bonds is 3. The first-order valence-electron chi connectivity index (χ1n) is 6.20. The highest BCUT2D eigenvalue weighted by Crippen LogP contribution is 2.24. The summed E-state index contributed by atoms with van der Waals surface area (Å²) in [7, 11) is 0. The first kappa shape index (κ1) is 13.5. The van der Waals surface area contributed by atoms with E-state index >= 15 is 0 Å². The molecular formula is C12H25N3O. The van der Waals surface area contributed by atoms with Gasteiger partial charge in [-0.25, -0.2) is 5.84 Å². The van der Waals surface area contributed by atoms with E-state index in [4.69, 9.17) is 5.84 Å². The van der Waals surface area contributed by atoms with Gasteiger partial charge in [-0.3, -0.25) is 15.1 Å². The highest BCUT2D eigenvalue weighted by molar-refractivity contribution is 5.81. The van der Waals surface area contributed by atoms with Crippen LogP contribution in [0.5, 0.6) is 0 Å². The minimum Gasteiger partial charge on any atom is -0.293 e. The second-order valence-corrected chi connectivity index (χ2v) is 5.60. The highest BCUT2D eigenvalue weighted by atomic mass is 16.2. The molecule has 4 heteroatoms. The minimum atomic E-state index is -0.0878. The maximum Gasteiger partial charge on any atom is 0.251 e. The second kappa shape index (κ2) is 5.64. The van der Waals surface area contributed by atoms with Crippen molar-refractivity contribution in [1.29, 1.82) is 0 Å². The van der Waals surface area contributed by atoms with Crippen LogP contribution in [0.1, 0.15) is 34.1 Å². The molecule has 1 heterocycles. The van der Waals surface area contributed by atoms with Crippen LogP contribution in [0.3, 0.4) is 0 Å². The van der Waals surface area contributed by atoms with Gasteiger partial charge in [0.25, 0.3) is 5.91 Å². The van der Waals surface area contributed by atoms with Gasteiger partial charge in [0.05, 0.1) is 6.04 Å². The predicted octanol–water partition coefficient (Wildman–Crippen LogP) is 0.979. The normalized spacial score (nSPS) is 29.1. The van der Waals surface area contributed by atoms with Gasteiger partial charge in [0.1, 0.15) is 0 Å². The fourth-order valence-electron chi connectivity index (χ4n) is 2.91. The van der Waals surface area contributed by atoms with Gasteiger partial charge < -0.3 is 0 Å². The van der Waals surface area contributed by atoms with Crippen molar-refractivity contribution in [3.8, 4) is 0 Å². The molecule has 16 heavy (non-hydrogen) atoms. The molecule has 94 valence electrons. The van der Waals surface area contributed by atoms with Gasteiger partial charge in [0.2, 0.25) is 0 Å². The van der Waals surface area contributed by atoms with Crippen LogP contribution in [0.4, 0.5) is 0 Å². The Balaban J connectivity index is 2.74. The Kier molecular flexibility index (Phi) is 4.74. The molecule has 0 saturated carbocycles. The predicted molar refractivity (Wildman–Crippen MR) is 65.5 cm³/mol. The van der Waals surface area contributed by atoms with Crippen molar-refractivity contribution in [2.24, 2.45) is 23.6 Å². The zero-order valence-electron chi connectivity index (χ0n) is 10.9. The molecule has 0 aliphatic carbocycles. The van der Waals surface area contributed by atoms with Gasteiger partial charge in [-0.05, 0) is 24.2 Å². The number of nitrogens with zero attached hydrogens (tertiary/aromatic N) is 1. The Morgan fingerprint density at radius 2 is 1.81 bits per heavy atom. The van der Waals surface area contributed by atoms with Gasteiger partial charge in [-0.1, -0.05) is 27.7 Å². The number of amides is 1. The van der Waals surface area contributed by atoms with Crippen LogP contribution in [-0.2, 0) is 4.79 Å². The largest absolute Gasteiger partial charge is 0.293 e. The molecular weight excluding hydrogens is 202 g/mol. The van der Waals surface area contributed by atoms with Crippen LogP contribution < -0.4 is 11.3 Å². The summed E-state index contributed by atoms with van der Waals surface area (Å²) in [5.41, 5.74) is 2.29. The van der Waals surface area contributed by atoms with Crippen molar-refractivity contribution in [3.05, 3.63) is 0 Å².